The minimum Gasteiger partial charge on any atom is -0.336 e. The Morgan fingerprint density at radius 1 is 1.33 bits per heavy atom. The molecule has 1 N–H and O–H groups in total. The van der Waals surface area contributed by atoms with Crippen molar-refractivity contribution in [3.63, 3.8) is 0 Å². The van der Waals surface area contributed by atoms with Crippen LogP contribution in [0.25, 0.3) is 0 Å². The van der Waals surface area contributed by atoms with Crippen molar-refractivity contribution in [2.24, 2.45) is 7.05 Å². The minimum absolute atomic E-state index is 0.110. The Balaban J connectivity index is 2.37. The first kappa shape index (κ1) is 12.8. The molecule has 2 heterocycles. The molecule has 0 fully saturated rings. The third-order valence-electron chi connectivity index (χ3n) is 3.07. The maximum absolute atomic E-state index is 4.46. The molecule has 0 saturated heterocycles. The molecule has 18 heavy (non-hydrogen) atoms. The van der Waals surface area contributed by atoms with Gasteiger partial charge >= 0.3 is 0 Å². The molecule has 2 aromatic rings. The van der Waals surface area contributed by atoms with E-state index in [0.29, 0.717) is 0 Å². The van der Waals surface area contributed by atoms with Crippen LogP contribution in [0.4, 0.5) is 0 Å². The highest BCUT2D eigenvalue weighted by Gasteiger charge is 2.19. The van der Waals surface area contributed by atoms with Crippen molar-refractivity contribution in [3.05, 3.63) is 47.8 Å². The molecule has 2 rings (SSSR count). The van der Waals surface area contributed by atoms with E-state index in [1.165, 1.54) is 5.56 Å². The zero-order valence-electron chi connectivity index (χ0n) is 11.2. The van der Waals surface area contributed by atoms with Crippen molar-refractivity contribution in [1.82, 2.24) is 19.9 Å². The van der Waals surface area contributed by atoms with Gasteiger partial charge in [0, 0.05) is 31.3 Å². The Bertz CT molecular complexity index is 504. The van der Waals surface area contributed by atoms with Gasteiger partial charge < -0.3 is 9.88 Å². The number of nitrogens with zero attached hydrogens (tertiary/aromatic N) is 3. The van der Waals surface area contributed by atoms with E-state index in [1.807, 2.05) is 38.6 Å². The fraction of sp³-hybridized carbons (Fsp3) is 0.429. The van der Waals surface area contributed by atoms with Gasteiger partial charge in [0.05, 0.1) is 6.04 Å². The second-order valence-corrected chi connectivity index (χ2v) is 4.46. The van der Waals surface area contributed by atoms with Crippen LogP contribution in [0.5, 0.6) is 0 Å². The summed E-state index contributed by atoms with van der Waals surface area (Å²) in [5.41, 5.74) is 2.24. The summed E-state index contributed by atoms with van der Waals surface area (Å²) in [6.07, 6.45) is 6.73. The second kappa shape index (κ2) is 5.78. The molecule has 96 valence electrons. The van der Waals surface area contributed by atoms with Gasteiger partial charge in [0.2, 0.25) is 0 Å². The average Bonchev–Trinajstić information content (AvgIpc) is 2.78. The van der Waals surface area contributed by atoms with Gasteiger partial charge in [-0.2, -0.15) is 0 Å². The molecule has 1 atom stereocenters. The predicted octanol–water partition coefficient (Wildman–Crippen LogP) is 2.21. The molecule has 0 bridgehead atoms. The van der Waals surface area contributed by atoms with Gasteiger partial charge in [-0.25, -0.2) is 4.98 Å². The van der Waals surface area contributed by atoms with E-state index in [2.05, 4.69) is 32.8 Å². The van der Waals surface area contributed by atoms with Crippen molar-refractivity contribution >= 4 is 0 Å². The van der Waals surface area contributed by atoms with Gasteiger partial charge in [0.15, 0.2) is 0 Å². The smallest absolute Gasteiger partial charge is 0.130 e. The van der Waals surface area contributed by atoms with Crippen molar-refractivity contribution in [3.8, 4) is 0 Å². The van der Waals surface area contributed by atoms with Crippen LogP contribution in [0.1, 0.15) is 36.5 Å². The number of hydrogen-bond donors (Lipinski definition) is 1. The first-order valence-corrected chi connectivity index (χ1v) is 6.36. The van der Waals surface area contributed by atoms with E-state index in [-0.39, 0.29) is 6.04 Å². The van der Waals surface area contributed by atoms with Crippen LogP contribution in [0.2, 0.25) is 0 Å². The summed E-state index contributed by atoms with van der Waals surface area (Å²) in [6.45, 7) is 5.17. The van der Waals surface area contributed by atoms with Crippen LogP contribution in [-0.2, 0) is 7.05 Å². The highest BCUT2D eigenvalue weighted by molar-refractivity contribution is 5.28. The number of aryl methyl sites for hydroxylation is 2. The summed E-state index contributed by atoms with van der Waals surface area (Å²) in [5, 5.41) is 3.55. The van der Waals surface area contributed by atoms with Gasteiger partial charge in [-0.05, 0) is 31.5 Å². The van der Waals surface area contributed by atoms with Crippen molar-refractivity contribution < 1.29 is 0 Å². The lowest BCUT2D eigenvalue weighted by atomic mass is 10.0. The Morgan fingerprint density at radius 3 is 2.78 bits per heavy atom. The number of rotatable bonds is 5. The lowest BCUT2D eigenvalue weighted by Crippen LogP contribution is -2.26. The van der Waals surface area contributed by atoms with Crippen LogP contribution >= 0.6 is 0 Å². The molecular weight excluding hydrogens is 224 g/mol. The normalized spacial score (nSPS) is 12.6. The maximum atomic E-state index is 4.46. The molecular formula is C14H20N4. The molecule has 0 aliphatic carbocycles. The van der Waals surface area contributed by atoms with E-state index in [9.17, 15) is 0 Å². The van der Waals surface area contributed by atoms with Crippen molar-refractivity contribution in [2.75, 3.05) is 6.54 Å². The fourth-order valence-corrected chi connectivity index (χ4v) is 2.09. The zero-order valence-corrected chi connectivity index (χ0v) is 11.2. The van der Waals surface area contributed by atoms with Crippen LogP contribution in [0, 0.1) is 6.92 Å². The van der Waals surface area contributed by atoms with Crippen LogP contribution in [0.3, 0.4) is 0 Å². The Morgan fingerprint density at radius 2 is 2.17 bits per heavy atom. The molecule has 0 amide bonds. The zero-order chi connectivity index (χ0) is 13.0. The van der Waals surface area contributed by atoms with Gasteiger partial charge in [0.1, 0.15) is 5.82 Å². The highest BCUT2D eigenvalue weighted by atomic mass is 15.1. The summed E-state index contributed by atoms with van der Waals surface area (Å²) in [4.78, 5) is 8.83. The molecule has 0 saturated carbocycles. The number of imidazole rings is 1. The van der Waals surface area contributed by atoms with Gasteiger partial charge in [0.25, 0.3) is 0 Å². The van der Waals surface area contributed by atoms with Crippen LogP contribution in [-0.4, -0.2) is 21.1 Å². The standard InChI is InChI=1S/C14H20N4/c1-4-7-16-13(14-17-9-10-18(14)3)12-6-5-8-15-11(12)2/h5-6,8-10,13,16H,4,7H2,1-3H3. The topological polar surface area (TPSA) is 42.7 Å². The molecule has 0 radical (unpaired) electrons. The Kier molecular flexibility index (Phi) is 4.10. The maximum Gasteiger partial charge on any atom is 0.130 e. The van der Waals surface area contributed by atoms with Gasteiger partial charge in [-0.15, -0.1) is 0 Å². The molecule has 2 aromatic heterocycles. The lowest BCUT2D eigenvalue weighted by molar-refractivity contribution is 0.552. The van der Waals surface area contributed by atoms with E-state index in [0.717, 1.165) is 24.5 Å². The number of nitrogens with one attached hydrogen (secondary N) is 1. The third-order valence-corrected chi connectivity index (χ3v) is 3.07. The Hall–Kier alpha value is -1.68. The van der Waals surface area contributed by atoms with Gasteiger partial charge in [-0.1, -0.05) is 13.0 Å². The lowest BCUT2D eigenvalue weighted by Gasteiger charge is -2.20. The first-order valence-electron chi connectivity index (χ1n) is 6.36. The molecule has 0 aromatic carbocycles. The molecule has 1 unspecified atom stereocenters. The molecule has 0 spiro atoms. The van der Waals surface area contributed by atoms with E-state index < -0.39 is 0 Å². The fourth-order valence-electron chi connectivity index (χ4n) is 2.09. The van der Waals surface area contributed by atoms with E-state index in [4.69, 9.17) is 0 Å². The largest absolute Gasteiger partial charge is 0.336 e. The van der Waals surface area contributed by atoms with Crippen LogP contribution in [0.15, 0.2) is 30.7 Å². The SMILES string of the molecule is CCCNC(c1cccnc1C)c1nccn1C. The number of pyridine rings is 1. The first-order chi connectivity index (χ1) is 8.74. The second-order valence-electron chi connectivity index (χ2n) is 4.46. The predicted molar refractivity (Wildman–Crippen MR) is 72.3 cm³/mol. The van der Waals surface area contributed by atoms with Crippen molar-refractivity contribution in [1.29, 1.82) is 0 Å². The summed E-state index contributed by atoms with van der Waals surface area (Å²) in [6, 6.07) is 4.20. The van der Waals surface area contributed by atoms with Gasteiger partial charge in [-0.3, -0.25) is 4.98 Å². The quantitative estimate of drug-likeness (QED) is 0.877. The molecule has 4 heteroatoms. The molecule has 4 nitrogen and oxygen atoms in total. The summed E-state index contributed by atoms with van der Waals surface area (Å²) >= 11 is 0. The molecule has 0 aliphatic rings. The monoisotopic (exact) mass is 244 g/mol. The van der Waals surface area contributed by atoms with E-state index in [1.54, 1.807) is 0 Å². The molecule has 0 aliphatic heterocycles. The van der Waals surface area contributed by atoms with Crippen LogP contribution < -0.4 is 5.32 Å². The van der Waals surface area contributed by atoms with E-state index >= 15 is 0 Å². The Labute approximate surface area is 108 Å². The van der Waals surface area contributed by atoms with Crippen molar-refractivity contribution in [2.45, 2.75) is 26.3 Å². The number of hydrogen-bond acceptors (Lipinski definition) is 3. The summed E-state index contributed by atoms with van der Waals surface area (Å²) < 4.78 is 2.06. The third kappa shape index (κ3) is 2.59. The minimum atomic E-state index is 0.110. The summed E-state index contributed by atoms with van der Waals surface area (Å²) in [7, 11) is 2.02. The highest BCUT2D eigenvalue weighted by Crippen LogP contribution is 2.22. The average molecular weight is 244 g/mol. The number of aromatic nitrogens is 3. The summed E-state index contributed by atoms with van der Waals surface area (Å²) in [5.74, 6) is 1.03.